The van der Waals surface area contributed by atoms with Crippen molar-refractivity contribution in [1.29, 1.82) is 0 Å². The van der Waals surface area contributed by atoms with Crippen LogP contribution in [0.15, 0.2) is 84.9 Å². The molecule has 0 radical (unpaired) electrons. The molecule has 0 aliphatic carbocycles. The van der Waals surface area contributed by atoms with Crippen LogP contribution in [0.4, 0.5) is 0 Å². The van der Waals surface area contributed by atoms with E-state index < -0.39 is 6.10 Å². The van der Waals surface area contributed by atoms with Crippen LogP contribution in [0.25, 0.3) is 21.5 Å². The first-order chi connectivity index (χ1) is 12.6. The predicted molar refractivity (Wildman–Crippen MR) is 109 cm³/mol. The van der Waals surface area contributed by atoms with Crippen molar-refractivity contribution < 1.29 is 9.90 Å². The maximum Gasteiger partial charge on any atom is 0.160 e. The van der Waals surface area contributed by atoms with E-state index in [1.54, 1.807) is 13.8 Å². The van der Waals surface area contributed by atoms with Gasteiger partial charge < -0.3 is 5.11 Å². The van der Waals surface area contributed by atoms with Crippen LogP contribution in [-0.2, 0) is 0 Å². The Morgan fingerprint density at radius 1 is 0.731 bits per heavy atom. The highest BCUT2D eigenvalue weighted by molar-refractivity contribution is 6.06. The van der Waals surface area contributed by atoms with Crippen molar-refractivity contribution in [3.63, 3.8) is 0 Å². The monoisotopic (exact) mass is 342 g/mol. The molecule has 1 atom stereocenters. The number of aliphatic hydroxyl groups excluding tert-OH is 1. The highest BCUT2D eigenvalue weighted by atomic mass is 16.3. The maximum absolute atomic E-state index is 11.3. The Kier molecular flexibility index (Phi) is 5.45. The summed E-state index contributed by atoms with van der Waals surface area (Å²) in [4.78, 5) is 11.3. The van der Waals surface area contributed by atoms with Gasteiger partial charge in [-0.25, -0.2) is 0 Å². The van der Waals surface area contributed by atoms with Gasteiger partial charge in [0.1, 0.15) is 0 Å². The first-order valence-corrected chi connectivity index (χ1v) is 8.72. The van der Waals surface area contributed by atoms with Gasteiger partial charge in [0, 0.05) is 5.56 Å². The summed E-state index contributed by atoms with van der Waals surface area (Å²) in [7, 11) is 0. The SMILES string of the molecule is CC(=O)c1cccc2ccccc12.CC(O)c1cccc2ccccc12. The van der Waals surface area contributed by atoms with Crippen molar-refractivity contribution >= 4 is 27.3 Å². The average molecular weight is 342 g/mol. The minimum atomic E-state index is -0.397. The van der Waals surface area contributed by atoms with Crippen molar-refractivity contribution in [3.8, 4) is 0 Å². The Morgan fingerprint density at radius 3 is 1.85 bits per heavy atom. The third kappa shape index (κ3) is 3.81. The molecule has 0 fully saturated rings. The van der Waals surface area contributed by atoms with Gasteiger partial charge in [-0.15, -0.1) is 0 Å². The molecule has 4 aromatic carbocycles. The molecule has 2 heteroatoms. The number of aliphatic hydroxyl groups is 1. The largest absolute Gasteiger partial charge is 0.389 e. The predicted octanol–water partition coefficient (Wildman–Crippen LogP) is 5.94. The second kappa shape index (κ2) is 7.94. The molecule has 0 heterocycles. The number of hydrogen-bond donors (Lipinski definition) is 1. The van der Waals surface area contributed by atoms with Crippen LogP contribution in [0, 0.1) is 0 Å². The van der Waals surface area contributed by atoms with E-state index in [4.69, 9.17) is 0 Å². The molecular formula is C24H22O2. The zero-order valence-electron chi connectivity index (χ0n) is 15.0. The highest BCUT2D eigenvalue weighted by Crippen LogP contribution is 2.23. The molecule has 1 N–H and O–H groups in total. The van der Waals surface area contributed by atoms with Gasteiger partial charge in [0.15, 0.2) is 5.78 Å². The number of fused-ring (bicyclic) bond motifs is 2. The fraction of sp³-hybridized carbons (Fsp3) is 0.125. The highest BCUT2D eigenvalue weighted by Gasteiger charge is 2.04. The summed E-state index contributed by atoms with van der Waals surface area (Å²) in [5.74, 6) is 0.122. The number of carbonyl (C=O) groups excluding carboxylic acids is 1. The molecule has 26 heavy (non-hydrogen) atoms. The summed E-state index contributed by atoms with van der Waals surface area (Å²) in [6, 6.07) is 27.8. The van der Waals surface area contributed by atoms with Crippen LogP contribution in [0.5, 0.6) is 0 Å². The van der Waals surface area contributed by atoms with E-state index in [9.17, 15) is 9.90 Å². The van der Waals surface area contributed by atoms with E-state index in [2.05, 4.69) is 12.1 Å². The van der Waals surface area contributed by atoms with Gasteiger partial charge in [0.25, 0.3) is 0 Å². The van der Waals surface area contributed by atoms with Gasteiger partial charge in [0.2, 0.25) is 0 Å². The zero-order chi connectivity index (χ0) is 18.5. The molecule has 0 amide bonds. The average Bonchev–Trinajstić information content (AvgIpc) is 2.67. The molecule has 1 unspecified atom stereocenters. The minimum absolute atomic E-state index is 0.122. The van der Waals surface area contributed by atoms with Crippen LogP contribution in [0.3, 0.4) is 0 Å². The number of ketones is 1. The first-order valence-electron chi connectivity index (χ1n) is 8.72. The van der Waals surface area contributed by atoms with Gasteiger partial charge in [-0.1, -0.05) is 84.9 Å². The number of benzene rings is 4. The number of rotatable bonds is 2. The quantitative estimate of drug-likeness (QED) is 0.458. The van der Waals surface area contributed by atoms with Gasteiger partial charge in [-0.05, 0) is 41.0 Å². The molecule has 4 rings (SSSR count). The van der Waals surface area contributed by atoms with Crippen LogP contribution in [0.2, 0.25) is 0 Å². The van der Waals surface area contributed by atoms with Crippen molar-refractivity contribution in [3.05, 3.63) is 96.1 Å². The fourth-order valence-corrected chi connectivity index (χ4v) is 3.15. The summed E-state index contributed by atoms with van der Waals surface area (Å²) in [5.41, 5.74) is 1.80. The molecule has 0 bridgehead atoms. The van der Waals surface area contributed by atoms with Gasteiger partial charge >= 0.3 is 0 Å². The van der Waals surface area contributed by atoms with Crippen molar-refractivity contribution in [2.24, 2.45) is 0 Å². The molecule has 0 aliphatic heterocycles. The van der Waals surface area contributed by atoms with E-state index in [0.717, 1.165) is 27.3 Å². The smallest absolute Gasteiger partial charge is 0.160 e. The summed E-state index contributed by atoms with van der Waals surface area (Å²) in [6.07, 6.45) is -0.397. The molecule has 0 saturated carbocycles. The topological polar surface area (TPSA) is 37.3 Å². The van der Waals surface area contributed by atoms with Crippen molar-refractivity contribution in [2.75, 3.05) is 0 Å². The maximum atomic E-state index is 11.3. The van der Waals surface area contributed by atoms with Crippen LogP contribution < -0.4 is 0 Å². The summed E-state index contributed by atoms with van der Waals surface area (Å²) in [5, 5.41) is 14.0. The summed E-state index contributed by atoms with van der Waals surface area (Å²) < 4.78 is 0. The third-order valence-electron chi connectivity index (χ3n) is 4.44. The molecule has 0 saturated heterocycles. The lowest BCUT2D eigenvalue weighted by Crippen LogP contribution is -1.92. The van der Waals surface area contributed by atoms with E-state index in [1.165, 1.54) is 5.39 Å². The van der Waals surface area contributed by atoms with Crippen molar-refractivity contribution in [2.45, 2.75) is 20.0 Å². The van der Waals surface area contributed by atoms with Gasteiger partial charge in [-0.3, -0.25) is 4.79 Å². The fourth-order valence-electron chi connectivity index (χ4n) is 3.15. The standard InChI is InChI=1S/C12H12O.C12H10O/c2*1-9(13)11-8-4-6-10-5-2-3-7-12(10)11/h2-9,13H,1H3;2-8H,1H3. The Morgan fingerprint density at radius 2 is 1.23 bits per heavy atom. The lowest BCUT2D eigenvalue weighted by atomic mass is 10.0. The van der Waals surface area contributed by atoms with E-state index in [0.29, 0.717) is 0 Å². The summed E-state index contributed by atoms with van der Waals surface area (Å²) in [6.45, 7) is 3.39. The molecule has 0 aromatic heterocycles. The molecule has 0 spiro atoms. The Balaban J connectivity index is 0.000000151. The second-order valence-corrected chi connectivity index (χ2v) is 6.33. The first kappa shape index (κ1) is 17.8. The van der Waals surface area contributed by atoms with Gasteiger partial charge in [0.05, 0.1) is 6.10 Å². The second-order valence-electron chi connectivity index (χ2n) is 6.33. The minimum Gasteiger partial charge on any atom is -0.389 e. The molecule has 0 aliphatic rings. The van der Waals surface area contributed by atoms with E-state index in [1.807, 2.05) is 72.8 Å². The number of hydrogen-bond acceptors (Lipinski definition) is 2. The summed E-state index contributed by atoms with van der Waals surface area (Å²) >= 11 is 0. The molecule has 4 aromatic rings. The van der Waals surface area contributed by atoms with Gasteiger partial charge in [-0.2, -0.15) is 0 Å². The number of carbonyl (C=O) groups is 1. The Hall–Kier alpha value is -2.97. The molecule has 130 valence electrons. The molecular weight excluding hydrogens is 320 g/mol. The Bertz CT molecular complexity index is 1040. The van der Waals surface area contributed by atoms with Crippen molar-refractivity contribution in [1.82, 2.24) is 0 Å². The number of Topliss-reactive ketones (excluding diaryl/α,β-unsaturated/α-hetero) is 1. The van der Waals surface area contributed by atoms with Crippen LogP contribution >= 0.6 is 0 Å². The third-order valence-corrected chi connectivity index (χ3v) is 4.44. The lowest BCUT2D eigenvalue weighted by Gasteiger charge is -2.08. The zero-order valence-corrected chi connectivity index (χ0v) is 15.0. The van der Waals surface area contributed by atoms with E-state index >= 15 is 0 Å². The van der Waals surface area contributed by atoms with E-state index in [-0.39, 0.29) is 5.78 Å². The van der Waals surface area contributed by atoms with Crippen LogP contribution in [0.1, 0.15) is 35.9 Å². The normalized spacial score (nSPS) is 11.7. The lowest BCUT2D eigenvalue weighted by molar-refractivity contribution is 0.101. The van der Waals surface area contributed by atoms with Crippen LogP contribution in [-0.4, -0.2) is 10.9 Å². The molecule has 2 nitrogen and oxygen atoms in total. The Labute approximate surface area is 153 Å².